The summed E-state index contributed by atoms with van der Waals surface area (Å²) in [5, 5.41) is 6.59. The highest BCUT2D eigenvalue weighted by molar-refractivity contribution is 6.35. The first-order valence-corrected chi connectivity index (χ1v) is 8.53. The summed E-state index contributed by atoms with van der Waals surface area (Å²) in [5.41, 5.74) is 6.85. The highest BCUT2D eigenvalue weighted by Crippen LogP contribution is 2.28. The molecule has 2 aromatic carbocycles. The number of rotatable bonds is 4. The zero-order chi connectivity index (χ0) is 18.5. The molecule has 0 amide bonds. The van der Waals surface area contributed by atoms with Crippen LogP contribution in [0.15, 0.2) is 58.6 Å². The predicted molar refractivity (Wildman–Crippen MR) is 104 cm³/mol. The van der Waals surface area contributed by atoms with Gasteiger partial charge in [0.1, 0.15) is 5.71 Å². The van der Waals surface area contributed by atoms with E-state index in [4.69, 9.17) is 16.6 Å². The van der Waals surface area contributed by atoms with Gasteiger partial charge in [-0.2, -0.15) is 5.10 Å². The molecule has 1 heterocycles. The Morgan fingerprint density at radius 1 is 1.27 bits per heavy atom. The molecule has 3 rings (SSSR count). The van der Waals surface area contributed by atoms with Crippen LogP contribution < -0.4 is 10.5 Å². The molecule has 0 radical (unpaired) electrons. The molecular formula is C19H19ClN4O2. The Morgan fingerprint density at radius 2 is 2.04 bits per heavy atom. The van der Waals surface area contributed by atoms with Gasteiger partial charge in [0.2, 0.25) is 0 Å². The van der Waals surface area contributed by atoms with Crippen molar-refractivity contribution in [2.24, 2.45) is 10.1 Å². The van der Waals surface area contributed by atoms with Crippen molar-refractivity contribution in [2.45, 2.75) is 6.92 Å². The number of hydrazone groups is 1. The van der Waals surface area contributed by atoms with Crippen molar-refractivity contribution in [1.82, 2.24) is 5.53 Å². The molecule has 1 N–H and O–H groups in total. The number of nitrogens with zero attached hydrogens (tertiary/aromatic N) is 3. The van der Waals surface area contributed by atoms with Gasteiger partial charge in [0, 0.05) is 16.1 Å². The van der Waals surface area contributed by atoms with E-state index in [0.29, 0.717) is 18.1 Å². The van der Waals surface area contributed by atoms with Gasteiger partial charge in [0.25, 0.3) is 0 Å². The van der Waals surface area contributed by atoms with Crippen molar-refractivity contribution in [3.8, 4) is 0 Å². The molecular weight excluding hydrogens is 352 g/mol. The van der Waals surface area contributed by atoms with E-state index in [1.54, 1.807) is 6.92 Å². The topological polar surface area (TPSA) is 66.3 Å². The number of nitrogens with one attached hydrogen (secondary N) is 1. The van der Waals surface area contributed by atoms with Gasteiger partial charge in [-0.25, -0.2) is 10.3 Å². The highest BCUT2D eigenvalue weighted by atomic mass is 35.5. The molecule has 0 spiro atoms. The fourth-order valence-electron chi connectivity index (χ4n) is 2.68. The number of benzene rings is 2. The Morgan fingerprint density at radius 3 is 2.77 bits per heavy atom. The largest absolute Gasteiger partial charge is 0.464 e. The van der Waals surface area contributed by atoms with Crippen LogP contribution in [-0.4, -0.2) is 37.6 Å². The molecule has 0 aliphatic carbocycles. The Balaban J connectivity index is 1.98. The molecule has 7 heteroatoms. The fourth-order valence-corrected chi connectivity index (χ4v) is 2.85. The third kappa shape index (κ3) is 3.86. The number of methoxy groups -OCH3 is 1. The number of esters is 1. The Bertz CT molecular complexity index is 865. The molecule has 0 fully saturated rings. The minimum atomic E-state index is -0.482. The van der Waals surface area contributed by atoms with E-state index in [9.17, 15) is 4.79 Å². The molecule has 0 bridgehead atoms. The third-order valence-electron chi connectivity index (χ3n) is 3.96. The van der Waals surface area contributed by atoms with Crippen LogP contribution in [0.25, 0.3) is 0 Å². The number of hydrogen-bond acceptors (Lipinski definition) is 6. The molecule has 0 saturated heterocycles. The van der Waals surface area contributed by atoms with Gasteiger partial charge in [-0.3, -0.25) is 10.0 Å². The smallest absolute Gasteiger partial charge is 0.353 e. The van der Waals surface area contributed by atoms with Crippen molar-refractivity contribution >= 4 is 34.7 Å². The van der Waals surface area contributed by atoms with Crippen LogP contribution in [0, 0.1) is 0 Å². The maximum Gasteiger partial charge on any atom is 0.353 e. The Hall–Kier alpha value is -2.86. The molecule has 2 aromatic rings. The van der Waals surface area contributed by atoms with E-state index in [1.807, 2.05) is 53.5 Å². The van der Waals surface area contributed by atoms with Crippen molar-refractivity contribution in [1.29, 1.82) is 0 Å². The summed E-state index contributed by atoms with van der Waals surface area (Å²) in [6.45, 7) is 2.74. The predicted octanol–water partition coefficient (Wildman–Crippen LogP) is 3.05. The zero-order valence-corrected chi connectivity index (χ0v) is 15.3. The second-order valence-electron chi connectivity index (χ2n) is 5.70. The summed E-state index contributed by atoms with van der Waals surface area (Å²) in [4.78, 5) is 16.3. The van der Waals surface area contributed by atoms with Crippen molar-refractivity contribution < 1.29 is 9.53 Å². The van der Waals surface area contributed by atoms with Gasteiger partial charge >= 0.3 is 5.97 Å². The van der Waals surface area contributed by atoms with E-state index in [1.165, 1.54) is 7.11 Å². The lowest BCUT2D eigenvalue weighted by Crippen LogP contribution is -2.37. The second-order valence-corrected chi connectivity index (χ2v) is 6.13. The molecule has 6 nitrogen and oxygen atoms in total. The number of carbonyl (C=O) groups excluding carboxylic acids is 1. The van der Waals surface area contributed by atoms with Crippen LogP contribution >= 0.6 is 11.6 Å². The van der Waals surface area contributed by atoms with Gasteiger partial charge in [-0.1, -0.05) is 41.9 Å². The SMILES string of the molecule is COC(=O)/C(C)=N\NN1CCN=C(c2ccccc2)c2cc(Cl)ccc21. The third-order valence-corrected chi connectivity index (χ3v) is 4.20. The number of halogens is 1. The zero-order valence-electron chi connectivity index (χ0n) is 14.6. The van der Waals surface area contributed by atoms with E-state index >= 15 is 0 Å². The number of anilines is 1. The molecule has 0 unspecified atom stereocenters. The summed E-state index contributed by atoms with van der Waals surface area (Å²) in [6.07, 6.45) is 0. The maximum atomic E-state index is 11.5. The fraction of sp³-hybridized carbons (Fsp3) is 0.211. The first-order chi connectivity index (χ1) is 12.6. The number of benzodiazepines with no additional fused rings is 1. The lowest BCUT2D eigenvalue weighted by Gasteiger charge is -2.24. The lowest BCUT2D eigenvalue weighted by atomic mass is 10.0. The average Bonchev–Trinajstić information content (AvgIpc) is 2.85. The van der Waals surface area contributed by atoms with Crippen LogP contribution in [0.4, 0.5) is 5.69 Å². The lowest BCUT2D eigenvalue weighted by molar-refractivity contribution is -0.132. The molecule has 26 heavy (non-hydrogen) atoms. The normalized spacial score (nSPS) is 14.2. The second kappa shape index (κ2) is 8.01. The van der Waals surface area contributed by atoms with Crippen LogP contribution in [0.2, 0.25) is 5.02 Å². The van der Waals surface area contributed by atoms with E-state index in [2.05, 4.69) is 15.4 Å². The van der Waals surface area contributed by atoms with Gasteiger partial charge in [-0.05, 0) is 25.1 Å². The van der Waals surface area contributed by atoms with Gasteiger partial charge < -0.3 is 4.74 Å². The van der Waals surface area contributed by atoms with Crippen molar-refractivity contribution in [2.75, 3.05) is 25.2 Å². The minimum absolute atomic E-state index is 0.233. The summed E-state index contributed by atoms with van der Waals surface area (Å²) in [6, 6.07) is 15.6. The molecule has 1 aliphatic heterocycles. The molecule has 0 saturated carbocycles. The van der Waals surface area contributed by atoms with Crippen LogP contribution in [0.5, 0.6) is 0 Å². The summed E-state index contributed by atoms with van der Waals surface area (Å²) in [7, 11) is 1.32. The Kier molecular flexibility index (Phi) is 5.53. The first kappa shape index (κ1) is 17.9. The Labute approximate surface area is 157 Å². The number of carbonyl (C=O) groups is 1. The average molecular weight is 371 g/mol. The molecule has 0 atom stereocenters. The number of hydrazine groups is 1. The minimum Gasteiger partial charge on any atom is -0.464 e. The van der Waals surface area contributed by atoms with E-state index < -0.39 is 5.97 Å². The quantitative estimate of drug-likeness (QED) is 0.510. The summed E-state index contributed by atoms with van der Waals surface area (Å²) >= 11 is 6.24. The highest BCUT2D eigenvalue weighted by Gasteiger charge is 2.20. The summed E-state index contributed by atoms with van der Waals surface area (Å²) in [5.74, 6) is -0.482. The number of hydrogen-bond donors (Lipinski definition) is 1. The number of ether oxygens (including phenoxy) is 1. The summed E-state index contributed by atoms with van der Waals surface area (Å²) < 4.78 is 4.67. The van der Waals surface area contributed by atoms with E-state index in [-0.39, 0.29) is 5.71 Å². The van der Waals surface area contributed by atoms with Crippen molar-refractivity contribution in [3.05, 3.63) is 64.7 Å². The van der Waals surface area contributed by atoms with Gasteiger partial charge in [0.15, 0.2) is 0 Å². The van der Waals surface area contributed by atoms with Crippen LogP contribution in [-0.2, 0) is 9.53 Å². The molecule has 134 valence electrons. The standard InChI is InChI=1S/C19H19ClN4O2/c1-13(19(25)26-2)22-23-24-11-10-21-18(14-6-4-3-5-7-14)16-12-15(20)8-9-17(16)24/h3-9,12,23H,10-11H2,1-2H3/b22-13-. The van der Waals surface area contributed by atoms with E-state index in [0.717, 1.165) is 22.5 Å². The van der Waals surface area contributed by atoms with Crippen LogP contribution in [0.1, 0.15) is 18.1 Å². The van der Waals surface area contributed by atoms with Gasteiger partial charge in [0.05, 0.1) is 31.6 Å². The number of fused-ring (bicyclic) bond motifs is 1. The molecule has 1 aliphatic rings. The first-order valence-electron chi connectivity index (χ1n) is 8.15. The monoisotopic (exact) mass is 370 g/mol. The number of aliphatic imine (C=N–C) groups is 1. The van der Waals surface area contributed by atoms with Gasteiger partial charge in [-0.15, -0.1) is 0 Å². The van der Waals surface area contributed by atoms with Crippen molar-refractivity contribution in [3.63, 3.8) is 0 Å². The maximum absolute atomic E-state index is 11.5. The molecule has 0 aromatic heterocycles. The van der Waals surface area contributed by atoms with Crippen LogP contribution in [0.3, 0.4) is 0 Å².